The third-order valence-corrected chi connectivity index (χ3v) is 4.96. The van der Waals surface area contributed by atoms with Crippen LogP contribution in [0.3, 0.4) is 0 Å². The van der Waals surface area contributed by atoms with E-state index in [1.165, 1.54) is 29.2 Å². The molecule has 1 amide bonds. The molecular formula is C19H14FNO4S2. The molecule has 1 aliphatic rings. The summed E-state index contributed by atoms with van der Waals surface area (Å²) in [6.07, 6.45) is 1.53. The molecule has 2 aromatic rings. The van der Waals surface area contributed by atoms with Gasteiger partial charge >= 0.3 is 5.97 Å². The van der Waals surface area contributed by atoms with Gasteiger partial charge in [-0.3, -0.25) is 14.5 Å². The Morgan fingerprint density at radius 1 is 1.22 bits per heavy atom. The fourth-order valence-electron chi connectivity index (χ4n) is 2.40. The van der Waals surface area contributed by atoms with E-state index < -0.39 is 11.8 Å². The second-order valence-corrected chi connectivity index (χ2v) is 7.20. The number of ether oxygens (including phenoxy) is 1. The highest BCUT2D eigenvalue weighted by atomic mass is 32.2. The third-order valence-electron chi connectivity index (χ3n) is 3.66. The number of hydrogen-bond acceptors (Lipinski definition) is 5. The van der Waals surface area contributed by atoms with E-state index in [4.69, 9.17) is 22.1 Å². The first-order valence-corrected chi connectivity index (χ1v) is 9.15. The number of halogens is 1. The number of carboxylic acids is 1. The van der Waals surface area contributed by atoms with Gasteiger partial charge < -0.3 is 9.84 Å². The number of nitrogens with zero attached hydrogens (tertiary/aromatic N) is 1. The highest BCUT2D eigenvalue weighted by Crippen LogP contribution is 2.37. The fraction of sp³-hybridized carbons (Fsp3) is 0.105. The summed E-state index contributed by atoms with van der Waals surface area (Å²) in [7, 11) is 0. The number of carboxylic acid groups (broad SMARTS) is 1. The number of benzene rings is 2. The second-order valence-electron chi connectivity index (χ2n) is 5.52. The summed E-state index contributed by atoms with van der Waals surface area (Å²) in [6, 6.07) is 12.5. The van der Waals surface area contributed by atoms with Crippen LogP contribution in [0, 0.1) is 5.82 Å². The molecule has 0 saturated carbocycles. The van der Waals surface area contributed by atoms with Crippen molar-refractivity contribution < 1.29 is 23.8 Å². The molecule has 0 atom stereocenters. The average molecular weight is 403 g/mol. The van der Waals surface area contributed by atoms with E-state index in [0.29, 0.717) is 26.2 Å². The minimum Gasteiger partial charge on any atom is -0.492 e. The van der Waals surface area contributed by atoms with Gasteiger partial charge in [0, 0.05) is 5.56 Å². The molecule has 1 N–H and O–H groups in total. The molecule has 1 fully saturated rings. The lowest BCUT2D eigenvalue weighted by molar-refractivity contribution is -0.137. The van der Waals surface area contributed by atoms with Crippen molar-refractivity contribution in [3.05, 3.63) is 64.8 Å². The Hall–Kier alpha value is -2.71. The van der Waals surface area contributed by atoms with Crippen molar-refractivity contribution in [1.82, 2.24) is 0 Å². The predicted molar refractivity (Wildman–Crippen MR) is 106 cm³/mol. The third kappa shape index (κ3) is 4.53. The molecular weight excluding hydrogens is 389 g/mol. The molecule has 0 aromatic heterocycles. The van der Waals surface area contributed by atoms with Crippen LogP contribution in [0.2, 0.25) is 0 Å². The van der Waals surface area contributed by atoms with Crippen LogP contribution in [0.25, 0.3) is 6.08 Å². The number of carbonyl (C=O) groups is 2. The van der Waals surface area contributed by atoms with Crippen molar-refractivity contribution in [2.75, 3.05) is 11.5 Å². The molecule has 1 aliphatic heterocycles. The average Bonchev–Trinajstić information content (AvgIpc) is 2.91. The predicted octanol–water partition coefficient (Wildman–Crippen LogP) is 4.09. The lowest BCUT2D eigenvalue weighted by Crippen LogP contribution is -2.27. The summed E-state index contributed by atoms with van der Waals surface area (Å²) in [5.74, 6) is -1.18. The van der Waals surface area contributed by atoms with Crippen LogP contribution in [0.1, 0.15) is 12.0 Å². The number of amides is 1. The van der Waals surface area contributed by atoms with Gasteiger partial charge in [-0.05, 0) is 36.4 Å². The SMILES string of the molecule is O=C(O)CCOc1ccccc1/C=C1/SC(=S)N(c2ccc(F)cc2)C1=O. The van der Waals surface area contributed by atoms with E-state index in [2.05, 4.69) is 0 Å². The lowest BCUT2D eigenvalue weighted by Gasteiger charge is -2.14. The molecule has 1 saturated heterocycles. The number of para-hydroxylation sites is 1. The minimum absolute atomic E-state index is 0.0245. The minimum atomic E-state index is -0.951. The summed E-state index contributed by atoms with van der Waals surface area (Å²) in [4.78, 5) is 25.1. The van der Waals surface area contributed by atoms with Crippen molar-refractivity contribution in [3.63, 3.8) is 0 Å². The molecule has 0 spiro atoms. The van der Waals surface area contributed by atoms with E-state index in [9.17, 15) is 14.0 Å². The van der Waals surface area contributed by atoms with E-state index in [-0.39, 0.29) is 18.9 Å². The van der Waals surface area contributed by atoms with Gasteiger partial charge in [-0.1, -0.05) is 42.2 Å². The molecule has 2 aromatic carbocycles. The molecule has 5 nitrogen and oxygen atoms in total. The number of thiocarbonyl (C=S) groups is 1. The standard InChI is InChI=1S/C19H14FNO4S2/c20-13-5-7-14(8-6-13)21-18(24)16(27-19(21)26)11-12-3-1-2-4-15(12)25-10-9-17(22)23/h1-8,11H,9-10H2,(H,22,23)/b16-11+. The normalized spacial score (nSPS) is 15.4. The second kappa shape index (κ2) is 8.32. The number of hydrogen-bond donors (Lipinski definition) is 1. The quantitative estimate of drug-likeness (QED) is 0.579. The summed E-state index contributed by atoms with van der Waals surface area (Å²) in [5.41, 5.74) is 1.13. The highest BCUT2D eigenvalue weighted by molar-refractivity contribution is 8.27. The van der Waals surface area contributed by atoms with Gasteiger partial charge in [-0.25, -0.2) is 4.39 Å². The van der Waals surface area contributed by atoms with Crippen molar-refractivity contribution in [2.24, 2.45) is 0 Å². The van der Waals surface area contributed by atoms with Crippen LogP contribution in [0.5, 0.6) is 5.75 Å². The fourth-order valence-corrected chi connectivity index (χ4v) is 3.69. The molecule has 0 radical (unpaired) electrons. The van der Waals surface area contributed by atoms with Gasteiger partial charge in [-0.15, -0.1) is 0 Å². The number of rotatable bonds is 6. The molecule has 138 valence electrons. The number of aliphatic carboxylic acids is 1. The number of carbonyl (C=O) groups excluding carboxylic acids is 1. The van der Waals surface area contributed by atoms with Crippen LogP contribution in [0.4, 0.5) is 10.1 Å². The van der Waals surface area contributed by atoms with Gasteiger partial charge in [-0.2, -0.15) is 0 Å². The van der Waals surface area contributed by atoms with Crippen LogP contribution >= 0.6 is 24.0 Å². The zero-order valence-corrected chi connectivity index (χ0v) is 15.6. The Kier molecular flexibility index (Phi) is 5.88. The number of anilines is 1. The maximum Gasteiger partial charge on any atom is 0.306 e. The lowest BCUT2D eigenvalue weighted by atomic mass is 10.2. The summed E-state index contributed by atoms with van der Waals surface area (Å²) < 4.78 is 19.0. The molecule has 0 unspecified atom stereocenters. The van der Waals surface area contributed by atoms with Crippen LogP contribution in [-0.2, 0) is 9.59 Å². The Balaban J connectivity index is 1.84. The zero-order valence-electron chi connectivity index (χ0n) is 13.9. The first kappa shape index (κ1) is 19.1. The summed E-state index contributed by atoms with van der Waals surface area (Å²) in [6.45, 7) is 0.0245. The Morgan fingerprint density at radius 3 is 2.63 bits per heavy atom. The monoisotopic (exact) mass is 403 g/mol. The molecule has 0 bridgehead atoms. The van der Waals surface area contributed by atoms with Crippen molar-refractivity contribution in [1.29, 1.82) is 0 Å². The van der Waals surface area contributed by atoms with Crippen molar-refractivity contribution >= 4 is 51.9 Å². The smallest absolute Gasteiger partial charge is 0.306 e. The maximum atomic E-state index is 13.1. The highest BCUT2D eigenvalue weighted by Gasteiger charge is 2.33. The topological polar surface area (TPSA) is 66.8 Å². The van der Waals surface area contributed by atoms with Crippen molar-refractivity contribution in [2.45, 2.75) is 6.42 Å². The van der Waals surface area contributed by atoms with E-state index in [1.54, 1.807) is 30.3 Å². The summed E-state index contributed by atoms with van der Waals surface area (Å²) in [5, 5.41) is 8.73. The maximum absolute atomic E-state index is 13.1. The molecule has 1 heterocycles. The van der Waals surface area contributed by atoms with E-state index in [0.717, 1.165) is 11.8 Å². The largest absolute Gasteiger partial charge is 0.492 e. The number of thioether (sulfide) groups is 1. The Labute approximate surface area is 164 Å². The van der Waals surface area contributed by atoms with Crippen LogP contribution in [0.15, 0.2) is 53.4 Å². The van der Waals surface area contributed by atoms with Crippen LogP contribution in [-0.4, -0.2) is 27.9 Å². The summed E-state index contributed by atoms with van der Waals surface area (Å²) >= 11 is 6.43. The molecule has 0 aliphatic carbocycles. The van der Waals surface area contributed by atoms with E-state index in [1.807, 2.05) is 0 Å². The molecule has 27 heavy (non-hydrogen) atoms. The van der Waals surface area contributed by atoms with E-state index >= 15 is 0 Å². The van der Waals surface area contributed by atoms with Gasteiger partial charge in [0.25, 0.3) is 5.91 Å². The Bertz CT molecular complexity index is 928. The first-order valence-electron chi connectivity index (χ1n) is 7.93. The Morgan fingerprint density at radius 2 is 1.93 bits per heavy atom. The van der Waals surface area contributed by atoms with Gasteiger partial charge in [0.15, 0.2) is 4.32 Å². The molecule has 8 heteroatoms. The van der Waals surface area contributed by atoms with Crippen molar-refractivity contribution in [3.8, 4) is 5.75 Å². The molecule has 3 rings (SSSR count). The van der Waals surface area contributed by atoms with Crippen LogP contribution < -0.4 is 9.64 Å². The zero-order chi connectivity index (χ0) is 19.4. The van der Waals surface area contributed by atoms with Gasteiger partial charge in [0.05, 0.1) is 23.6 Å². The van der Waals surface area contributed by atoms with Gasteiger partial charge in [0.2, 0.25) is 0 Å². The first-order chi connectivity index (χ1) is 13.0. The van der Waals surface area contributed by atoms with Gasteiger partial charge in [0.1, 0.15) is 11.6 Å².